The number of nitrogens with zero attached hydrogens (tertiary/aromatic N) is 2. The maximum atomic E-state index is 11.8. The smallest absolute Gasteiger partial charge is 0.228 e. The fraction of sp³-hybridized carbons (Fsp3) is 0.267. The van der Waals surface area contributed by atoms with E-state index in [0.717, 1.165) is 16.9 Å². The fourth-order valence-electron chi connectivity index (χ4n) is 1.70. The van der Waals surface area contributed by atoms with Gasteiger partial charge in [-0.05, 0) is 25.1 Å². The van der Waals surface area contributed by atoms with Gasteiger partial charge in [0.25, 0.3) is 0 Å². The summed E-state index contributed by atoms with van der Waals surface area (Å²) in [6.07, 6.45) is 1.72. The number of nitrogens with two attached hydrogens (primary N) is 1. The van der Waals surface area contributed by atoms with Crippen LogP contribution in [0.5, 0.6) is 0 Å². The molecule has 21 heavy (non-hydrogen) atoms. The third kappa shape index (κ3) is 4.51. The van der Waals surface area contributed by atoms with Gasteiger partial charge in [-0.25, -0.2) is 9.97 Å². The maximum absolute atomic E-state index is 11.8. The zero-order valence-corrected chi connectivity index (χ0v) is 12.9. The number of halogens is 1. The van der Waals surface area contributed by atoms with Crippen LogP contribution in [0.3, 0.4) is 0 Å². The third-order valence-electron chi connectivity index (χ3n) is 2.98. The van der Waals surface area contributed by atoms with Gasteiger partial charge in [0, 0.05) is 35.6 Å². The molecule has 0 radical (unpaired) electrons. The first kappa shape index (κ1) is 17.1. The van der Waals surface area contributed by atoms with Crippen LogP contribution in [0, 0.1) is 12.8 Å². The standard InChI is InChI=1S/C15H18N4O.ClH/c1-10(9-16)15(20)19-13-5-3-4-12(8-13)14-17-7-6-11(2)18-14;/h3-8,10H,9,16H2,1-2H3,(H,19,20);1H. The summed E-state index contributed by atoms with van der Waals surface area (Å²) in [7, 11) is 0. The number of aryl methyl sites for hydroxylation is 1. The molecule has 0 aliphatic carbocycles. The molecule has 2 rings (SSSR count). The van der Waals surface area contributed by atoms with Crippen LogP contribution in [0.25, 0.3) is 11.4 Å². The van der Waals surface area contributed by atoms with E-state index >= 15 is 0 Å². The first-order valence-corrected chi connectivity index (χ1v) is 6.51. The van der Waals surface area contributed by atoms with Crippen LogP contribution >= 0.6 is 12.4 Å². The van der Waals surface area contributed by atoms with Gasteiger partial charge in [0.05, 0.1) is 0 Å². The van der Waals surface area contributed by atoms with Crippen LogP contribution in [-0.4, -0.2) is 22.4 Å². The number of anilines is 1. The van der Waals surface area contributed by atoms with Crippen molar-refractivity contribution in [3.8, 4) is 11.4 Å². The topological polar surface area (TPSA) is 80.9 Å². The highest BCUT2D eigenvalue weighted by Crippen LogP contribution is 2.19. The van der Waals surface area contributed by atoms with Crippen molar-refractivity contribution in [1.82, 2.24) is 9.97 Å². The predicted molar refractivity (Wildman–Crippen MR) is 86.3 cm³/mol. The molecule has 112 valence electrons. The second-order valence-electron chi connectivity index (χ2n) is 4.73. The van der Waals surface area contributed by atoms with Crippen LogP contribution in [0.1, 0.15) is 12.6 Å². The SMILES string of the molecule is Cc1ccnc(-c2cccc(NC(=O)C(C)CN)c2)n1.Cl. The lowest BCUT2D eigenvalue weighted by Crippen LogP contribution is -2.26. The van der Waals surface area contributed by atoms with E-state index in [4.69, 9.17) is 5.73 Å². The fourth-order valence-corrected chi connectivity index (χ4v) is 1.70. The molecule has 2 aromatic rings. The first-order chi connectivity index (χ1) is 9.60. The van der Waals surface area contributed by atoms with Gasteiger partial charge in [-0.3, -0.25) is 4.79 Å². The van der Waals surface area contributed by atoms with Gasteiger partial charge >= 0.3 is 0 Å². The van der Waals surface area contributed by atoms with Gasteiger partial charge in [0.15, 0.2) is 5.82 Å². The third-order valence-corrected chi connectivity index (χ3v) is 2.98. The minimum Gasteiger partial charge on any atom is -0.330 e. The molecule has 0 aliphatic rings. The highest BCUT2D eigenvalue weighted by Gasteiger charge is 2.11. The van der Waals surface area contributed by atoms with Crippen molar-refractivity contribution in [2.45, 2.75) is 13.8 Å². The Morgan fingerprint density at radius 3 is 2.81 bits per heavy atom. The summed E-state index contributed by atoms with van der Waals surface area (Å²) >= 11 is 0. The Kier molecular flexibility index (Phi) is 6.27. The molecule has 1 aromatic heterocycles. The number of carbonyl (C=O) groups is 1. The van der Waals surface area contributed by atoms with Gasteiger partial charge in [-0.1, -0.05) is 19.1 Å². The van der Waals surface area contributed by atoms with Crippen LogP contribution in [0.4, 0.5) is 5.69 Å². The quantitative estimate of drug-likeness (QED) is 0.909. The number of hydrogen-bond acceptors (Lipinski definition) is 4. The molecule has 5 nitrogen and oxygen atoms in total. The molecule has 0 aliphatic heterocycles. The number of nitrogens with one attached hydrogen (secondary N) is 1. The zero-order valence-electron chi connectivity index (χ0n) is 12.0. The molecule has 0 spiro atoms. The molecule has 1 atom stereocenters. The van der Waals surface area contributed by atoms with Gasteiger partial charge < -0.3 is 11.1 Å². The Bertz CT molecular complexity index is 618. The van der Waals surface area contributed by atoms with Gasteiger partial charge in [-0.15, -0.1) is 12.4 Å². The average Bonchev–Trinajstić information content (AvgIpc) is 2.46. The number of rotatable bonds is 4. The Labute approximate surface area is 130 Å². The first-order valence-electron chi connectivity index (χ1n) is 6.51. The van der Waals surface area contributed by atoms with Crippen molar-refractivity contribution in [3.63, 3.8) is 0 Å². The van der Waals surface area contributed by atoms with Crippen molar-refractivity contribution < 1.29 is 4.79 Å². The minimum absolute atomic E-state index is 0. The summed E-state index contributed by atoms with van der Waals surface area (Å²) in [6.45, 7) is 4.04. The second kappa shape index (κ2) is 7.71. The van der Waals surface area contributed by atoms with Gasteiger partial charge in [-0.2, -0.15) is 0 Å². The van der Waals surface area contributed by atoms with E-state index in [1.807, 2.05) is 37.3 Å². The van der Waals surface area contributed by atoms with Gasteiger partial charge in [0.1, 0.15) is 0 Å². The summed E-state index contributed by atoms with van der Waals surface area (Å²) in [6, 6.07) is 9.31. The van der Waals surface area contributed by atoms with Crippen molar-refractivity contribution in [3.05, 3.63) is 42.2 Å². The number of amides is 1. The van der Waals surface area contributed by atoms with E-state index in [9.17, 15) is 4.79 Å². The minimum atomic E-state index is -0.214. The van der Waals surface area contributed by atoms with Crippen LogP contribution in [0.15, 0.2) is 36.5 Å². The lowest BCUT2D eigenvalue weighted by Gasteiger charge is -2.10. The number of aromatic nitrogens is 2. The van der Waals surface area contributed by atoms with Crippen molar-refractivity contribution in [2.75, 3.05) is 11.9 Å². The largest absolute Gasteiger partial charge is 0.330 e. The van der Waals surface area contributed by atoms with Crippen molar-refractivity contribution in [1.29, 1.82) is 0 Å². The zero-order chi connectivity index (χ0) is 14.5. The number of benzene rings is 1. The highest BCUT2D eigenvalue weighted by atomic mass is 35.5. The number of hydrogen-bond donors (Lipinski definition) is 2. The molecule has 6 heteroatoms. The molecule has 0 saturated carbocycles. The molecule has 1 aromatic carbocycles. The molecule has 1 heterocycles. The van der Waals surface area contributed by atoms with Gasteiger partial charge in [0.2, 0.25) is 5.91 Å². The van der Waals surface area contributed by atoms with E-state index < -0.39 is 0 Å². The number of carbonyl (C=O) groups excluding carboxylic acids is 1. The Hall–Kier alpha value is -1.98. The molecular formula is C15H19ClN4O. The van der Waals surface area contributed by atoms with Crippen molar-refractivity contribution in [2.24, 2.45) is 11.7 Å². The van der Waals surface area contributed by atoms with E-state index in [-0.39, 0.29) is 24.2 Å². The summed E-state index contributed by atoms with van der Waals surface area (Å²) in [5.41, 5.74) is 7.98. The van der Waals surface area contributed by atoms with E-state index in [1.54, 1.807) is 13.1 Å². The molecule has 1 amide bonds. The van der Waals surface area contributed by atoms with Crippen LogP contribution < -0.4 is 11.1 Å². The molecule has 0 saturated heterocycles. The lowest BCUT2D eigenvalue weighted by atomic mass is 10.1. The lowest BCUT2D eigenvalue weighted by molar-refractivity contribution is -0.119. The molecule has 3 N–H and O–H groups in total. The average molecular weight is 307 g/mol. The molecule has 0 bridgehead atoms. The Balaban J connectivity index is 0.00000220. The van der Waals surface area contributed by atoms with E-state index in [1.165, 1.54) is 0 Å². The van der Waals surface area contributed by atoms with Crippen LogP contribution in [0.2, 0.25) is 0 Å². The molecule has 0 fully saturated rings. The maximum Gasteiger partial charge on any atom is 0.228 e. The summed E-state index contributed by atoms with van der Waals surface area (Å²) in [4.78, 5) is 20.4. The predicted octanol–water partition coefficient (Wildman–Crippen LogP) is 2.41. The van der Waals surface area contributed by atoms with E-state index in [2.05, 4.69) is 15.3 Å². The summed E-state index contributed by atoms with van der Waals surface area (Å²) in [5.74, 6) is 0.344. The monoisotopic (exact) mass is 306 g/mol. The van der Waals surface area contributed by atoms with Crippen LogP contribution in [-0.2, 0) is 4.79 Å². The Morgan fingerprint density at radius 2 is 2.14 bits per heavy atom. The van der Waals surface area contributed by atoms with E-state index in [0.29, 0.717) is 12.4 Å². The highest BCUT2D eigenvalue weighted by molar-refractivity contribution is 5.93. The molecule has 1 unspecified atom stereocenters. The normalized spacial score (nSPS) is 11.4. The van der Waals surface area contributed by atoms with Crippen molar-refractivity contribution >= 4 is 24.0 Å². The molecular weight excluding hydrogens is 288 g/mol. The second-order valence-corrected chi connectivity index (χ2v) is 4.73. The Morgan fingerprint density at radius 1 is 1.38 bits per heavy atom. The summed E-state index contributed by atoms with van der Waals surface area (Å²) in [5, 5.41) is 2.84. The summed E-state index contributed by atoms with van der Waals surface area (Å²) < 4.78 is 0.